The zero-order chi connectivity index (χ0) is 12.5. The number of benzene rings is 1. The van der Waals surface area contributed by atoms with Crippen LogP contribution in [0.2, 0.25) is 0 Å². The van der Waals surface area contributed by atoms with Gasteiger partial charge >= 0.3 is 0 Å². The monoisotopic (exact) mass is 244 g/mol. The lowest BCUT2D eigenvalue weighted by Gasteiger charge is -2.22. The molecule has 2 N–H and O–H groups in total. The molecule has 0 bridgehead atoms. The lowest BCUT2D eigenvalue weighted by molar-refractivity contribution is 0.419. The number of aromatic nitrogens is 1. The van der Waals surface area contributed by atoms with E-state index in [1.54, 1.807) is 7.11 Å². The Morgan fingerprint density at radius 1 is 1.44 bits per heavy atom. The van der Waals surface area contributed by atoms with E-state index in [0.29, 0.717) is 0 Å². The normalized spacial score (nSPS) is 18.9. The summed E-state index contributed by atoms with van der Waals surface area (Å²) in [5, 5.41) is 4.63. The SMILES string of the molecule is CNCC1CCc2[nH]c3c(OC)cccc3c2C1. The fourth-order valence-electron chi connectivity index (χ4n) is 3.12. The van der Waals surface area contributed by atoms with Crippen LogP contribution < -0.4 is 10.1 Å². The second-order valence-electron chi connectivity index (χ2n) is 5.13. The Morgan fingerprint density at radius 3 is 3.11 bits per heavy atom. The Kier molecular flexibility index (Phi) is 3.00. The molecule has 0 aliphatic heterocycles. The molecule has 1 aromatic carbocycles. The molecule has 1 aromatic heterocycles. The number of methoxy groups -OCH3 is 1. The third kappa shape index (κ3) is 1.79. The molecule has 1 unspecified atom stereocenters. The van der Waals surface area contributed by atoms with E-state index < -0.39 is 0 Å². The summed E-state index contributed by atoms with van der Waals surface area (Å²) in [6.07, 6.45) is 3.59. The molecule has 3 heteroatoms. The number of rotatable bonds is 3. The van der Waals surface area contributed by atoms with Crippen molar-refractivity contribution >= 4 is 10.9 Å². The number of fused-ring (bicyclic) bond motifs is 3. The van der Waals surface area contributed by atoms with E-state index in [0.717, 1.165) is 30.1 Å². The molecule has 0 amide bonds. The highest BCUT2D eigenvalue weighted by Crippen LogP contribution is 2.35. The number of ether oxygens (including phenoxy) is 1. The average molecular weight is 244 g/mol. The molecule has 96 valence electrons. The first-order valence-corrected chi connectivity index (χ1v) is 6.64. The van der Waals surface area contributed by atoms with Gasteiger partial charge < -0.3 is 15.0 Å². The van der Waals surface area contributed by atoms with E-state index in [-0.39, 0.29) is 0 Å². The minimum Gasteiger partial charge on any atom is -0.495 e. The van der Waals surface area contributed by atoms with Crippen molar-refractivity contribution in [3.8, 4) is 5.75 Å². The van der Waals surface area contributed by atoms with Crippen molar-refractivity contribution in [1.82, 2.24) is 10.3 Å². The predicted octanol–water partition coefficient (Wildman–Crippen LogP) is 2.50. The molecular weight excluding hydrogens is 224 g/mol. The predicted molar refractivity (Wildman–Crippen MR) is 74.3 cm³/mol. The van der Waals surface area contributed by atoms with Gasteiger partial charge in [0.15, 0.2) is 0 Å². The smallest absolute Gasteiger partial charge is 0.142 e. The highest BCUT2D eigenvalue weighted by Gasteiger charge is 2.22. The number of H-pyrrole nitrogens is 1. The second-order valence-corrected chi connectivity index (χ2v) is 5.13. The topological polar surface area (TPSA) is 37.0 Å². The first-order valence-electron chi connectivity index (χ1n) is 6.64. The van der Waals surface area contributed by atoms with Crippen LogP contribution in [0.25, 0.3) is 10.9 Å². The van der Waals surface area contributed by atoms with Crippen molar-refractivity contribution < 1.29 is 4.74 Å². The molecule has 0 radical (unpaired) electrons. The molecular formula is C15H20N2O. The number of hydrogen-bond acceptors (Lipinski definition) is 2. The highest BCUT2D eigenvalue weighted by atomic mass is 16.5. The first kappa shape index (κ1) is 11.6. The van der Waals surface area contributed by atoms with Crippen LogP contribution in [0.15, 0.2) is 18.2 Å². The van der Waals surface area contributed by atoms with E-state index in [2.05, 4.69) is 22.4 Å². The van der Waals surface area contributed by atoms with Gasteiger partial charge in [-0.1, -0.05) is 12.1 Å². The van der Waals surface area contributed by atoms with Crippen LogP contribution in [0, 0.1) is 5.92 Å². The summed E-state index contributed by atoms with van der Waals surface area (Å²) in [4.78, 5) is 3.55. The van der Waals surface area contributed by atoms with Gasteiger partial charge in [0.2, 0.25) is 0 Å². The summed E-state index contributed by atoms with van der Waals surface area (Å²) in [5.74, 6) is 1.71. The van der Waals surface area contributed by atoms with E-state index in [1.807, 2.05) is 13.1 Å². The average Bonchev–Trinajstić information content (AvgIpc) is 2.77. The molecule has 1 aliphatic carbocycles. The van der Waals surface area contributed by atoms with Gasteiger partial charge in [-0.15, -0.1) is 0 Å². The largest absolute Gasteiger partial charge is 0.495 e. The third-order valence-electron chi connectivity index (χ3n) is 4.00. The van der Waals surface area contributed by atoms with Crippen molar-refractivity contribution in [2.24, 2.45) is 5.92 Å². The van der Waals surface area contributed by atoms with Crippen LogP contribution in [-0.4, -0.2) is 25.7 Å². The Labute approximate surface area is 108 Å². The summed E-state index contributed by atoms with van der Waals surface area (Å²) < 4.78 is 5.44. The Hall–Kier alpha value is -1.48. The van der Waals surface area contributed by atoms with Gasteiger partial charge in [-0.3, -0.25) is 0 Å². The van der Waals surface area contributed by atoms with Gasteiger partial charge in [-0.25, -0.2) is 0 Å². The molecule has 1 heterocycles. The van der Waals surface area contributed by atoms with Crippen molar-refractivity contribution in [3.05, 3.63) is 29.5 Å². The second kappa shape index (κ2) is 4.65. The maximum atomic E-state index is 5.44. The van der Waals surface area contributed by atoms with E-state index in [9.17, 15) is 0 Å². The van der Waals surface area contributed by atoms with Crippen molar-refractivity contribution in [2.75, 3.05) is 20.7 Å². The van der Waals surface area contributed by atoms with Crippen LogP contribution >= 0.6 is 0 Å². The fraction of sp³-hybridized carbons (Fsp3) is 0.467. The molecule has 1 atom stereocenters. The van der Waals surface area contributed by atoms with Crippen LogP contribution in [0.5, 0.6) is 5.75 Å². The summed E-state index contributed by atoms with van der Waals surface area (Å²) in [5.41, 5.74) is 4.06. The van der Waals surface area contributed by atoms with Crippen LogP contribution in [-0.2, 0) is 12.8 Å². The number of aryl methyl sites for hydroxylation is 1. The van der Waals surface area contributed by atoms with E-state index >= 15 is 0 Å². The van der Waals surface area contributed by atoms with Gasteiger partial charge in [0.1, 0.15) is 5.75 Å². The molecule has 3 rings (SSSR count). The zero-order valence-corrected chi connectivity index (χ0v) is 11.0. The molecule has 0 fully saturated rings. The fourth-order valence-corrected chi connectivity index (χ4v) is 3.12. The standard InChI is InChI=1S/C15H20N2O/c1-16-9-10-6-7-13-12(8-10)11-4-3-5-14(18-2)15(11)17-13/h3-5,10,16-17H,6-9H2,1-2H3. The molecule has 0 saturated heterocycles. The summed E-state index contributed by atoms with van der Waals surface area (Å²) in [6.45, 7) is 1.11. The molecule has 0 saturated carbocycles. The van der Waals surface area contributed by atoms with E-state index in [1.165, 1.54) is 29.5 Å². The third-order valence-corrected chi connectivity index (χ3v) is 4.00. The molecule has 18 heavy (non-hydrogen) atoms. The Bertz CT molecular complexity index is 559. The van der Waals surface area contributed by atoms with Crippen LogP contribution in [0.1, 0.15) is 17.7 Å². The lowest BCUT2D eigenvalue weighted by Crippen LogP contribution is -2.24. The first-order chi connectivity index (χ1) is 8.83. The van der Waals surface area contributed by atoms with Crippen LogP contribution in [0.4, 0.5) is 0 Å². The van der Waals surface area contributed by atoms with Crippen molar-refractivity contribution in [1.29, 1.82) is 0 Å². The zero-order valence-electron chi connectivity index (χ0n) is 11.0. The number of nitrogens with one attached hydrogen (secondary N) is 2. The van der Waals surface area contributed by atoms with Gasteiger partial charge in [0.05, 0.1) is 12.6 Å². The summed E-state index contributed by atoms with van der Waals surface area (Å²) >= 11 is 0. The van der Waals surface area contributed by atoms with E-state index in [4.69, 9.17) is 4.74 Å². The number of para-hydroxylation sites is 1. The minimum atomic E-state index is 0.757. The van der Waals surface area contributed by atoms with Gasteiger partial charge in [0.25, 0.3) is 0 Å². The molecule has 1 aliphatic rings. The van der Waals surface area contributed by atoms with Gasteiger partial charge in [0, 0.05) is 11.1 Å². The molecule has 0 spiro atoms. The molecule has 3 nitrogen and oxygen atoms in total. The quantitative estimate of drug-likeness (QED) is 0.870. The Balaban J connectivity index is 2.05. The maximum Gasteiger partial charge on any atom is 0.142 e. The summed E-state index contributed by atoms with van der Waals surface area (Å²) in [6, 6.07) is 6.31. The summed E-state index contributed by atoms with van der Waals surface area (Å²) in [7, 11) is 3.77. The highest BCUT2D eigenvalue weighted by molar-refractivity contribution is 5.89. The number of hydrogen-bond donors (Lipinski definition) is 2. The maximum absolute atomic E-state index is 5.44. The lowest BCUT2D eigenvalue weighted by atomic mass is 9.86. The Morgan fingerprint density at radius 2 is 2.33 bits per heavy atom. The van der Waals surface area contributed by atoms with Crippen LogP contribution in [0.3, 0.4) is 0 Å². The number of aromatic amines is 1. The van der Waals surface area contributed by atoms with Gasteiger partial charge in [-0.2, -0.15) is 0 Å². The van der Waals surface area contributed by atoms with Crippen molar-refractivity contribution in [3.63, 3.8) is 0 Å². The minimum absolute atomic E-state index is 0.757. The van der Waals surface area contributed by atoms with Gasteiger partial charge in [-0.05, 0) is 50.4 Å². The van der Waals surface area contributed by atoms with Crippen molar-refractivity contribution in [2.45, 2.75) is 19.3 Å². The molecule has 2 aromatic rings.